The molecule has 19 nitrogen and oxygen atoms in total. The zero-order valence-corrected chi connectivity index (χ0v) is 29.5. The van der Waals surface area contributed by atoms with Crippen LogP contribution >= 0.6 is 0 Å². The second-order valence-electron chi connectivity index (χ2n) is 13.0. The molecule has 0 unspecified atom stereocenters. The van der Waals surface area contributed by atoms with Crippen LogP contribution in [0.4, 0.5) is 0 Å². The van der Waals surface area contributed by atoms with Crippen molar-refractivity contribution in [2.24, 2.45) is 17.6 Å². The van der Waals surface area contributed by atoms with E-state index in [0.717, 1.165) is 0 Å². The summed E-state index contributed by atoms with van der Waals surface area (Å²) >= 11 is 0. The number of amides is 5. The second kappa shape index (κ2) is 21.8. The molecule has 0 saturated carbocycles. The van der Waals surface area contributed by atoms with Gasteiger partial charge in [0.05, 0.1) is 6.61 Å². The fourth-order valence-corrected chi connectivity index (χ4v) is 4.80. The quantitative estimate of drug-likeness (QED) is 0.0590. The van der Waals surface area contributed by atoms with E-state index in [2.05, 4.69) is 26.6 Å². The molecule has 5 amide bonds. The van der Waals surface area contributed by atoms with Crippen LogP contribution in [0.2, 0.25) is 0 Å². The van der Waals surface area contributed by atoms with Crippen LogP contribution in [0.1, 0.15) is 65.4 Å². The molecule has 6 atom stereocenters. The van der Waals surface area contributed by atoms with Crippen molar-refractivity contribution < 1.29 is 63.9 Å². The number of hydrogen-bond donors (Lipinski definition) is 11. The van der Waals surface area contributed by atoms with Gasteiger partial charge in [0.1, 0.15) is 42.0 Å². The molecule has 0 heterocycles. The molecule has 12 N–H and O–H groups in total. The number of phenols is 1. The SMILES string of the molecule is CC(C)C[C@H](NC(=O)[C@@H](N)CO)C(=O)N[C@@H](CCC(=O)O)C(=O)N[C@@H](CCC(=O)O)C(=O)N[C@@H](Cc1ccc(O)cc1)C(=O)N[C@H](C(=O)O)C(C)C. The highest BCUT2D eigenvalue weighted by atomic mass is 16.4. The number of carboxylic acids is 3. The van der Waals surface area contributed by atoms with Crippen molar-refractivity contribution in [3.05, 3.63) is 29.8 Å². The minimum absolute atomic E-state index is 0.0522. The van der Waals surface area contributed by atoms with Crippen molar-refractivity contribution in [3.63, 3.8) is 0 Å². The smallest absolute Gasteiger partial charge is 0.326 e. The lowest BCUT2D eigenvalue weighted by atomic mass is 10.0. The molecule has 0 saturated heterocycles. The van der Waals surface area contributed by atoms with E-state index >= 15 is 0 Å². The highest BCUT2D eigenvalue weighted by Gasteiger charge is 2.34. The van der Waals surface area contributed by atoms with Crippen LogP contribution < -0.4 is 32.3 Å². The maximum atomic E-state index is 13.6. The summed E-state index contributed by atoms with van der Waals surface area (Å²) in [5.41, 5.74) is 5.98. The predicted octanol–water partition coefficient (Wildman–Crippen LogP) is -1.81. The van der Waals surface area contributed by atoms with E-state index in [0.29, 0.717) is 5.56 Å². The first-order valence-corrected chi connectivity index (χ1v) is 16.6. The Balaban J connectivity index is 3.42. The van der Waals surface area contributed by atoms with Gasteiger partial charge in [-0.1, -0.05) is 39.8 Å². The largest absolute Gasteiger partial charge is 0.508 e. The first-order chi connectivity index (χ1) is 24.2. The molecule has 1 rings (SSSR count). The van der Waals surface area contributed by atoms with Crippen molar-refractivity contribution in [1.29, 1.82) is 0 Å². The maximum absolute atomic E-state index is 13.6. The first-order valence-electron chi connectivity index (χ1n) is 16.6. The predicted molar refractivity (Wildman–Crippen MR) is 182 cm³/mol. The Hall–Kier alpha value is -5.30. The van der Waals surface area contributed by atoms with Gasteiger partial charge in [0.2, 0.25) is 29.5 Å². The number of aliphatic carboxylic acids is 3. The van der Waals surface area contributed by atoms with Crippen LogP contribution in [-0.2, 0) is 44.8 Å². The van der Waals surface area contributed by atoms with Crippen molar-refractivity contribution in [2.45, 2.75) is 102 Å². The number of phenolic OH excluding ortho intramolecular Hbond substituents is 1. The summed E-state index contributed by atoms with van der Waals surface area (Å²) < 4.78 is 0. The van der Waals surface area contributed by atoms with Crippen LogP contribution in [0.3, 0.4) is 0 Å². The molecule has 0 aliphatic heterocycles. The summed E-state index contributed by atoms with van der Waals surface area (Å²) in [6, 6.07) is -3.17. The number of carbonyl (C=O) groups excluding carboxylic acids is 5. The summed E-state index contributed by atoms with van der Waals surface area (Å²) in [7, 11) is 0. The van der Waals surface area contributed by atoms with E-state index < -0.39 is 122 Å². The summed E-state index contributed by atoms with van der Waals surface area (Å²) in [6.45, 7) is 5.84. The third-order valence-electron chi connectivity index (χ3n) is 7.67. The van der Waals surface area contributed by atoms with Crippen molar-refractivity contribution >= 4 is 47.4 Å². The molecule has 1 aromatic rings. The summed E-state index contributed by atoms with van der Waals surface area (Å²) in [4.78, 5) is 101. The van der Waals surface area contributed by atoms with E-state index in [1.165, 1.54) is 24.3 Å². The van der Waals surface area contributed by atoms with E-state index in [4.69, 9.17) is 5.73 Å². The molecule has 0 aliphatic rings. The van der Waals surface area contributed by atoms with Gasteiger partial charge in [0.15, 0.2) is 0 Å². The van der Waals surface area contributed by atoms with E-state index in [-0.39, 0.29) is 24.5 Å². The number of nitrogens with one attached hydrogen (secondary N) is 5. The molecular formula is C33H50N6O13. The van der Waals surface area contributed by atoms with Gasteiger partial charge in [-0.25, -0.2) is 4.79 Å². The maximum Gasteiger partial charge on any atom is 0.326 e. The lowest BCUT2D eigenvalue weighted by molar-refractivity contribution is -0.143. The number of nitrogens with two attached hydrogens (primary N) is 1. The van der Waals surface area contributed by atoms with Gasteiger partial charge in [0.25, 0.3) is 0 Å². The zero-order valence-electron chi connectivity index (χ0n) is 29.5. The van der Waals surface area contributed by atoms with Gasteiger partial charge in [-0.3, -0.25) is 33.6 Å². The number of benzene rings is 1. The third kappa shape index (κ3) is 16.2. The fraction of sp³-hybridized carbons (Fsp3) is 0.576. The summed E-state index contributed by atoms with van der Waals surface area (Å²) in [6.07, 6.45) is -2.46. The van der Waals surface area contributed by atoms with E-state index in [1.54, 1.807) is 27.7 Å². The third-order valence-corrected chi connectivity index (χ3v) is 7.67. The molecular weight excluding hydrogens is 688 g/mol. The molecule has 0 spiro atoms. The molecule has 0 aliphatic carbocycles. The number of carboxylic acid groups (broad SMARTS) is 3. The minimum Gasteiger partial charge on any atom is -0.508 e. The topological polar surface area (TPSA) is 324 Å². The van der Waals surface area contributed by atoms with Gasteiger partial charge in [0, 0.05) is 19.3 Å². The van der Waals surface area contributed by atoms with Crippen LogP contribution in [-0.4, -0.2) is 116 Å². The number of hydrogen-bond acceptors (Lipinski definition) is 11. The first kappa shape index (κ1) is 44.7. The Morgan fingerprint density at radius 1 is 0.635 bits per heavy atom. The highest BCUT2D eigenvalue weighted by molar-refractivity contribution is 5.96. The average Bonchev–Trinajstić information content (AvgIpc) is 3.05. The Bertz CT molecular complexity index is 1420. The molecule has 0 aromatic heterocycles. The standard InChI is InChI=1S/C33H50N6O13/c1-16(2)13-23(37-28(46)20(34)15-40)31(49)36-21(9-11-25(42)43)29(47)35-22(10-12-26(44)45)30(48)38-24(14-18-5-7-19(41)8-6-18)32(50)39-27(17(3)4)33(51)52/h5-8,16-17,20-24,27,40-41H,9-15,34H2,1-4H3,(H,35,47)(H,36,49)(H,37,46)(H,38,48)(H,39,50)(H,42,43)(H,44,45)(H,51,52)/t20-,21-,22-,23-,24-,27-/m0/s1. The van der Waals surface area contributed by atoms with Crippen LogP contribution in [0.15, 0.2) is 24.3 Å². The number of carbonyl (C=O) groups is 8. The Kier molecular flexibility index (Phi) is 18.8. The molecule has 1 aromatic carbocycles. The second-order valence-corrected chi connectivity index (χ2v) is 13.0. The molecule has 19 heteroatoms. The summed E-state index contributed by atoms with van der Waals surface area (Å²) in [5.74, 6) is -9.70. The number of aliphatic hydroxyl groups excluding tert-OH is 1. The van der Waals surface area contributed by atoms with Gasteiger partial charge in [-0.15, -0.1) is 0 Å². The number of aromatic hydroxyl groups is 1. The fourth-order valence-electron chi connectivity index (χ4n) is 4.80. The number of aliphatic hydroxyl groups is 1. The van der Waals surface area contributed by atoms with Gasteiger partial charge in [-0.05, 0) is 48.8 Å². The summed E-state index contributed by atoms with van der Waals surface area (Å²) in [5, 5.41) is 59.0. The minimum atomic E-state index is -1.66. The highest BCUT2D eigenvalue weighted by Crippen LogP contribution is 2.13. The van der Waals surface area contributed by atoms with Gasteiger partial charge >= 0.3 is 17.9 Å². The van der Waals surface area contributed by atoms with E-state index in [1.807, 2.05) is 0 Å². The van der Waals surface area contributed by atoms with Crippen LogP contribution in [0, 0.1) is 11.8 Å². The Morgan fingerprint density at radius 3 is 1.46 bits per heavy atom. The van der Waals surface area contributed by atoms with Gasteiger partial charge in [-0.2, -0.15) is 0 Å². The van der Waals surface area contributed by atoms with Crippen LogP contribution in [0.5, 0.6) is 5.75 Å². The van der Waals surface area contributed by atoms with Crippen molar-refractivity contribution in [2.75, 3.05) is 6.61 Å². The molecule has 0 bridgehead atoms. The van der Waals surface area contributed by atoms with Crippen LogP contribution in [0.25, 0.3) is 0 Å². The lowest BCUT2D eigenvalue weighted by Gasteiger charge is -2.27. The normalized spacial score (nSPS) is 14.5. The Morgan fingerprint density at radius 2 is 1.06 bits per heavy atom. The monoisotopic (exact) mass is 738 g/mol. The molecule has 52 heavy (non-hydrogen) atoms. The average molecular weight is 739 g/mol. The lowest BCUT2D eigenvalue weighted by Crippen LogP contribution is -2.60. The molecule has 0 radical (unpaired) electrons. The van der Waals surface area contributed by atoms with Gasteiger partial charge < -0.3 is 57.9 Å². The Labute approximate surface area is 300 Å². The molecule has 290 valence electrons. The van der Waals surface area contributed by atoms with Crippen molar-refractivity contribution in [1.82, 2.24) is 26.6 Å². The zero-order chi connectivity index (χ0) is 39.7. The number of rotatable bonds is 23. The molecule has 0 fully saturated rings. The van der Waals surface area contributed by atoms with Crippen molar-refractivity contribution in [3.8, 4) is 5.75 Å². The van der Waals surface area contributed by atoms with E-state index in [9.17, 15) is 63.9 Å².